The van der Waals surface area contributed by atoms with Gasteiger partial charge in [-0.2, -0.15) is 0 Å². The maximum atomic E-state index is 12.8. The van der Waals surface area contributed by atoms with Crippen LogP contribution < -0.4 is 5.32 Å². The van der Waals surface area contributed by atoms with Crippen molar-refractivity contribution >= 4 is 34.7 Å². The average Bonchev–Trinajstić information content (AvgIpc) is 3.33. The van der Waals surface area contributed by atoms with E-state index in [-0.39, 0.29) is 12.1 Å². The topological polar surface area (TPSA) is 45.2 Å². The molecule has 1 aliphatic rings. The molecule has 26 heavy (non-hydrogen) atoms. The molecule has 4 nitrogen and oxygen atoms in total. The normalized spacial score (nSPS) is 16.7. The Morgan fingerprint density at radius 1 is 1.15 bits per heavy atom. The summed E-state index contributed by atoms with van der Waals surface area (Å²) in [4.78, 5) is 20.3. The number of nitrogens with zero attached hydrogens (tertiary/aromatic N) is 2. The molecule has 0 bridgehead atoms. The first-order chi connectivity index (χ1) is 12.7. The molecule has 1 N–H and O–H groups in total. The molecule has 132 valence electrons. The fraction of sp³-hybridized carbons (Fsp3) is 0.200. The van der Waals surface area contributed by atoms with Crippen LogP contribution in [0.2, 0.25) is 5.02 Å². The minimum atomic E-state index is -0.128. The number of anilines is 1. The number of hydrogen-bond acceptors (Lipinski definition) is 3. The van der Waals surface area contributed by atoms with Crippen LogP contribution in [0.25, 0.3) is 10.4 Å². The first-order valence-corrected chi connectivity index (χ1v) is 9.75. The zero-order chi connectivity index (χ0) is 17.9. The molecule has 4 rings (SSSR count). The zero-order valence-electron chi connectivity index (χ0n) is 14.1. The molecular weight excluding hydrogens is 366 g/mol. The Bertz CT molecular complexity index is 912. The molecule has 1 atom stereocenters. The highest BCUT2D eigenvalue weighted by atomic mass is 35.5. The van der Waals surface area contributed by atoms with Crippen molar-refractivity contribution in [3.8, 4) is 10.4 Å². The molecule has 0 radical (unpaired) electrons. The van der Waals surface area contributed by atoms with Crippen LogP contribution in [0.15, 0.2) is 60.8 Å². The number of urea groups is 1. The highest BCUT2D eigenvalue weighted by Gasteiger charge is 2.32. The zero-order valence-corrected chi connectivity index (χ0v) is 15.6. The number of aromatic nitrogens is 1. The third-order valence-corrected chi connectivity index (χ3v) is 5.97. The molecule has 1 saturated heterocycles. The van der Waals surface area contributed by atoms with Crippen LogP contribution in [-0.2, 0) is 0 Å². The number of thiazole rings is 1. The quantitative estimate of drug-likeness (QED) is 0.618. The van der Waals surface area contributed by atoms with Gasteiger partial charge in [-0.25, -0.2) is 9.78 Å². The van der Waals surface area contributed by atoms with Gasteiger partial charge in [0.05, 0.1) is 21.6 Å². The van der Waals surface area contributed by atoms with Crippen molar-refractivity contribution in [2.24, 2.45) is 0 Å². The first-order valence-electron chi connectivity index (χ1n) is 8.55. The van der Waals surface area contributed by atoms with Gasteiger partial charge in [-0.3, -0.25) is 0 Å². The predicted molar refractivity (Wildman–Crippen MR) is 107 cm³/mol. The van der Waals surface area contributed by atoms with Gasteiger partial charge in [-0.05, 0) is 30.5 Å². The summed E-state index contributed by atoms with van der Waals surface area (Å²) in [6.07, 6.45) is 3.80. The largest absolute Gasteiger partial charge is 0.322 e. The van der Waals surface area contributed by atoms with Crippen molar-refractivity contribution < 1.29 is 4.79 Å². The summed E-state index contributed by atoms with van der Waals surface area (Å²) in [7, 11) is 0. The highest BCUT2D eigenvalue weighted by Crippen LogP contribution is 2.37. The third-order valence-electron chi connectivity index (χ3n) is 4.50. The first kappa shape index (κ1) is 17.1. The molecule has 0 spiro atoms. The van der Waals surface area contributed by atoms with Crippen LogP contribution >= 0.6 is 22.9 Å². The summed E-state index contributed by atoms with van der Waals surface area (Å²) in [6.45, 7) is 0.723. The average molecular weight is 384 g/mol. The lowest BCUT2D eigenvalue weighted by Gasteiger charge is -2.23. The van der Waals surface area contributed by atoms with Crippen molar-refractivity contribution in [1.82, 2.24) is 9.88 Å². The maximum Gasteiger partial charge on any atom is 0.322 e. The lowest BCUT2D eigenvalue weighted by atomic mass is 10.2. The summed E-state index contributed by atoms with van der Waals surface area (Å²) in [5.74, 6) is 0. The van der Waals surface area contributed by atoms with E-state index >= 15 is 0 Å². The third kappa shape index (κ3) is 3.45. The van der Waals surface area contributed by atoms with Crippen LogP contribution in [0.5, 0.6) is 0 Å². The van der Waals surface area contributed by atoms with E-state index in [1.54, 1.807) is 17.4 Å². The van der Waals surface area contributed by atoms with Gasteiger partial charge in [0.15, 0.2) is 0 Å². The Balaban J connectivity index is 1.53. The second-order valence-electron chi connectivity index (χ2n) is 6.19. The van der Waals surface area contributed by atoms with Gasteiger partial charge in [0.1, 0.15) is 5.01 Å². The number of benzene rings is 2. The van der Waals surface area contributed by atoms with Crippen molar-refractivity contribution in [2.45, 2.75) is 18.9 Å². The van der Waals surface area contributed by atoms with Gasteiger partial charge < -0.3 is 10.2 Å². The Morgan fingerprint density at radius 2 is 1.92 bits per heavy atom. The monoisotopic (exact) mass is 383 g/mol. The molecule has 0 aliphatic carbocycles. The Labute approximate surface area is 161 Å². The number of amides is 2. The minimum Gasteiger partial charge on any atom is -0.315 e. The Kier molecular flexibility index (Phi) is 4.91. The molecule has 6 heteroatoms. The molecule has 0 unspecified atom stereocenters. The number of nitrogens with one attached hydrogen (secondary N) is 1. The molecular formula is C20H18ClN3OS. The van der Waals surface area contributed by atoms with E-state index in [4.69, 9.17) is 11.6 Å². The number of carbonyl (C=O) groups is 1. The Hall–Kier alpha value is -2.37. The molecule has 2 heterocycles. The molecule has 1 aromatic heterocycles. The summed E-state index contributed by atoms with van der Waals surface area (Å²) in [5.41, 5.74) is 1.79. The van der Waals surface area contributed by atoms with Crippen LogP contribution in [0, 0.1) is 0 Å². The van der Waals surface area contributed by atoms with E-state index in [9.17, 15) is 4.79 Å². The lowest BCUT2D eigenvalue weighted by Crippen LogP contribution is -2.34. The number of rotatable bonds is 3. The summed E-state index contributed by atoms with van der Waals surface area (Å²) < 4.78 is 0. The molecule has 2 amide bonds. The summed E-state index contributed by atoms with van der Waals surface area (Å²) in [5, 5.41) is 4.44. The predicted octanol–water partition coefficient (Wildman–Crippen LogP) is 5.83. The van der Waals surface area contributed by atoms with E-state index in [1.807, 2.05) is 47.5 Å². The van der Waals surface area contributed by atoms with Crippen molar-refractivity contribution in [3.05, 3.63) is 70.8 Å². The number of likely N-dealkylation sites (tertiary alicyclic amines) is 1. The van der Waals surface area contributed by atoms with E-state index in [0.29, 0.717) is 10.7 Å². The minimum absolute atomic E-state index is 0.0138. The second-order valence-corrected chi connectivity index (χ2v) is 7.66. The number of halogens is 1. The van der Waals surface area contributed by atoms with Gasteiger partial charge in [0.2, 0.25) is 0 Å². The van der Waals surface area contributed by atoms with Crippen LogP contribution in [0.4, 0.5) is 10.5 Å². The molecule has 1 fully saturated rings. The summed E-state index contributed by atoms with van der Waals surface area (Å²) in [6, 6.07) is 17.4. The van der Waals surface area contributed by atoms with Crippen LogP contribution in [0.1, 0.15) is 23.9 Å². The number of hydrogen-bond donors (Lipinski definition) is 1. The molecule has 0 saturated carbocycles. The number of para-hydroxylation sites is 1. The van der Waals surface area contributed by atoms with Crippen molar-refractivity contribution in [3.63, 3.8) is 0 Å². The van der Waals surface area contributed by atoms with Crippen LogP contribution in [-0.4, -0.2) is 22.5 Å². The van der Waals surface area contributed by atoms with Gasteiger partial charge >= 0.3 is 6.03 Å². The standard InChI is InChI=1S/C20H18ClN3OS/c21-15-9-4-5-10-16(15)23-20(25)24-12-6-11-17(24)19-22-13-18(26-19)14-7-2-1-3-8-14/h1-5,7-10,13,17H,6,11-12H2,(H,23,25)/t17-/m0/s1. The maximum absolute atomic E-state index is 12.8. The van der Waals surface area contributed by atoms with Gasteiger partial charge in [-0.1, -0.05) is 54.1 Å². The molecule has 1 aliphatic heterocycles. The fourth-order valence-corrected chi connectivity index (χ4v) is 4.45. The van der Waals surface area contributed by atoms with Gasteiger partial charge in [-0.15, -0.1) is 11.3 Å². The molecule has 3 aromatic rings. The molecule has 2 aromatic carbocycles. The second kappa shape index (κ2) is 7.48. The highest BCUT2D eigenvalue weighted by molar-refractivity contribution is 7.15. The van der Waals surface area contributed by atoms with E-state index in [2.05, 4.69) is 22.4 Å². The lowest BCUT2D eigenvalue weighted by molar-refractivity contribution is 0.207. The number of carbonyl (C=O) groups excluding carboxylic acids is 1. The van der Waals surface area contributed by atoms with Gasteiger partial charge in [0.25, 0.3) is 0 Å². The van der Waals surface area contributed by atoms with E-state index in [1.165, 1.54) is 0 Å². The smallest absolute Gasteiger partial charge is 0.315 e. The van der Waals surface area contributed by atoms with Gasteiger partial charge in [0, 0.05) is 12.7 Å². The van der Waals surface area contributed by atoms with Crippen molar-refractivity contribution in [1.29, 1.82) is 0 Å². The van der Waals surface area contributed by atoms with E-state index in [0.717, 1.165) is 34.8 Å². The van der Waals surface area contributed by atoms with Crippen molar-refractivity contribution in [2.75, 3.05) is 11.9 Å². The van der Waals surface area contributed by atoms with E-state index < -0.39 is 0 Å². The summed E-state index contributed by atoms with van der Waals surface area (Å²) >= 11 is 7.81. The Morgan fingerprint density at radius 3 is 2.73 bits per heavy atom. The van der Waals surface area contributed by atoms with Crippen LogP contribution in [0.3, 0.4) is 0 Å². The fourth-order valence-electron chi connectivity index (χ4n) is 3.19. The SMILES string of the molecule is O=C(Nc1ccccc1Cl)N1CCC[C@H]1c1ncc(-c2ccccc2)s1.